The number of sulfonamides is 1. The molecule has 0 aliphatic heterocycles. The highest BCUT2D eigenvalue weighted by Gasteiger charge is 2.28. The molecule has 0 saturated heterocycles. The Kier molecular flexibility index (Phi) is 5.00. The minimum absolute atomic E-state index is 0.0131. The predicted octanol–water partition coefficient (Wildman–Crippen LogP) is 4.16. The van der Waals surface area contributed by atoms with Gasteiger partial charge in [0, 0.05) is 11.1 Å². The highest BCUT2D eigenvalue weighted by Crippen LogP contribution is 2.31. The lowest BCUT2D eigenvalue weighted by Gasteiger charge is -2.29. The van der Waals surface area contributed by atoms with Crippen LogP contribution in [-0.4, -0.2) is 14.5 Å². The minimum Gasteiger partial charge on any atom is -0.208 e. The van der Waals surface area contributed by atoms with Crippen molar-refractivity contribution in [3.05, 3.63) is 27.7 Å². The molecule has 1 saturated carbocycles. The van der Waals surface area contributed by atoms with Gasteiger partial charge in [0.1, 0.15) is 4.90 Å². The second-order valence-corrected chi connectivity index (χ2v) is 7.94. The fourth-order valence-electron chi connectivity index (χ4n) is 2.60. The molecule has 2 atom stereocenters. The summed E-state index contributed by atoms with van der Waals surface area (Å²) in [6.45, 7) is 3.80. The second kappa shape index (κ2) is 6.22. The SMILES string of the molecule is Cc1c(Cl)ccc(S(=O)(=O)NC2CCCCC2C)c1Cl. The van der Waals surface area contributed by atoms with E-state index < -0.39 is 10.0 Å². The van der Waals surface area contributed by atoms with E-state index in [9.17, 15) is 8.42 Å². The van der Waals surface area contributed by atoms with Crippen LogP contribution in [0.25, 0.3) is 0 Å². The van der Waals surface area contributed by atoms with Crippen LogP contribution in [0.4, 0.5) is 0 Å². The standard InChI is InChI=1S/C14H19Cl2NO2S/c1-9-5-3-4-6-12(9)17-20(18,19)13-8-7-11(15)10(2)14(13)16/h7-9,12,17H,3-6H2,1-2H3. The lowest BCUT2D eigenvalue weighted by molar-refractivity contribution is 0.310. The predicted molar refractivity (Wildman–Crippen MR) is 82.9 cm³/mol. The monoisotopic (exact) mass is 335 g/mol. The fourth-order valence-corrected chi connectivity index (χ4v) is 4.79. The van der Waals surface area contributed by atoms with Crippen LogP contribution in [0, 0.1) is 12.8 Å². The molecule has 3 nitrogen and oxygen atoms in total. The number of hydrogen-bond donors (Lipinski definition) is 1. The van der Waals surface area contributed by atoms with Crippen LogP contribution < -0.4 is 4.72 Å². The van der Waals surface area contributed by atoms with Crippen molar-refractivity contribution in [3.63, 3.8) is 0 Å². The minimum atomic E-state index is -3.60. The van der Waals surface area contributed by atoms with Crippen LogP contribution in [0.2, 0.25) is 10.0 Å². The quantitative estimate of drug-likeness (QED) is 0.901. The molecule has 6 heteroatoms. The number of rotatable bonds is 3. The molecule has 0 aromatic heterocycles. The van der Waals surface area contributed by atoms with Crippen molar-refractivity contribution in [2.45, 2.75) is 50.5 Å². The van der Waals surface area contributed by atoms with Gasteiger partial charge in [-0.2, -0.15) is 0 Å². The summed E-state index contributed by atoms with van der Waals surface area (Å²) in [6, 6.07) is 3.02. The first-order valence-electron chi connectivity index (χ1n) is 6.80. The Hall–Kier alpha value is -0.290. The molecule has 0 spiro atoms. The molecule has 112 valence electrons. The van der Waals surface area contributed by atoms with Crippen LogP contribution in [0.3, 0.4) is 0 Å². The molecular weight excluding hydrogens is 317 g/mol. The Bertz CT molecular complexity index is 601. The summed E-state index contributed by atoms with van der Waals surface area (Å²) in [4.78, 5) is 0.110. The van der Waals surface area contributed by atoms with Crippen molar-refractivity contribution in [3.8, 4) is 0 Å². The highest BCUT2D eigenvalue weighted by atomic mass is 35.5. The van der Waals surface area contributed by atoms with E-state index in [4.69, 9.17) is 23.2 Å². The van der Waals surface area contributed by atoms with Gasteiger partial charge in [0.2, 0.25) is 10.0 Å². The van der Waals surface area contributed by atoms with Crippen molar-refractivity contribution < 1.29 is 8.42 Å². The maximum atomic E-state index is 12.5. The highest BCUT2D eigenvalue weighted by molar-refractivity contribution is 7.89. The van der Waals surface area contributed by atoms with Gasteiger partial charge in [-0.1, -0.05) is 43.0 Å². The van der Waals surface area contributed by atoms with E-state index in [0.29, 0.717) is 16.5 Å². The van der Waals surface area contributed by atoms with Gasteiger partial charge in [-0.05, 0) is 43.4 Å². The third-order valence-electron chi connectivity index (χ3n) is 3.99. The number of benzene rings is 1. The van der Waals surface area contributed by atoms with E-state index in [2.05, 4.69) is 11.6 Å². The fraction of sp³-hybridized carbons (Fsp3) is 0.571. The van der Waals surface area contributed by atoms with Gasteiger partial charge in [0.05, 0.1) is 5.02 Å². The van der Waals surface area contributed by atoms with Gasteiger partial charge in [0.15, 0.2) is 0 Å². The van der Waals surface area contributed by atoms with Gasteiger partial charge in [0.25, 0.3) is 0 Å². The lowest BCUT2D eigenvalue weighted by atomic mass is 9.87. The normalized spacial score (nSPS) is 23.8. The van der Waals surface area contributed by atoms with Crippen molar-refractivity contribution in [1.82, 2.24) is 4.72 Å². The van der Waals surface area contributed by atoms with Gasteiger partial charge in [-0.15, -0.1) is 0 Å². The Morgan fingerprint density at radius 3 is 2.50 bits per heavy atom. The first-order valence-corrected chi connectivity index (χ1v) is 9.04. The molecule has 0 amide bonds. The largest absolute Gasteiger partial charge is 0.242 e. The average molecular weight is 336 g/mol. The number of nitrogens with one attached hydrogen (secondary N) is 1. The molecule has 1 fully saturated rings. The molecule has 2 unspecified atom stereocenters. The summed E-state index contributed by atoms with van der Waals surface area (Å²) in [5.74, 6) is 0.352. The van der Waals surface area contributed by atoms with Gasteiger partial charge in [-0.3, -0.25) is 0 Å². The molecule has 0 bridgehead atoms. The van der Waals surface area contributed by atoms with Crippen LogP contribution in [-0.2, 0) is 10.0 Å². The van der Waals surface area contributed by atoms with Crippen molar-refractivity contribution in [1.29, 1.82) is 0 Å². The maximum absolute atomic E-state index is 12.5. The summed E-state index contributed by atoms with van der Waals surface area (Å²) >= 11 is 12.1. The second-order valence-electron chi connectivity index (χ2n) is 5.47. The third-order valence-corrected chi connectivity index (χ3v) is 6.53. The zero-order valence-electron chi connectivity index (χ0n) is 11.6. The summed E-state index contributed by atoms with van der Waals surface area (Å²) in [5, 5.41) is 0.674. The molecule has 20 heavy (non-hydrogen) atoms. The van der Waals surface area contributed by atoms with E-state index in [-0.39, 0.29) is 16.0 Å². The Morgan fingerprint density at radius 1 is 1.20 bits per heavy atom. The summed E-state index contributed by atoms with van der Waals surface area (Å²) in [6.07, 6.45) is 4.16. The Balaban J connectivity index is 2.29. The molecule has 1 aromatic rings. The Morgan fingerprint density at radius 2 is 1.85 bits per heavy atom. The van der Waals surface area contributed by atoms with E-state index >= 15 is 0 Å². The number of halogens is 2. The van der Waals surface area contributed by atoms with E-state index in [1.54, 1.807) is 13.0 Å². The summed E-state index contributed by atoms with van der Waals surface area (Å²) in [7, 11) is -3.60. The zero-order chi connectivity index (χ0) is 14.9. The van der Waals surface area contributed by atoms with Gasteiger partial charge >= 0.3 is 0 Å². The number of hydrogen-bond acceptors (Lipinski definition) is 2. The van der Waals surface area contributed by atoms with Crippen molar-refractivity contribution in [2.24, 2.45) is 5.92 Å². The maximum Gasteiger partial charge on any atom is 0.242 e. The first kappa shape index (κ1) is 16.1. The van der Waals surface area contributed by atoms with E-state index in [0.717, 1.165) is 19.3 Å². The lowest BCUT2D eigenvalue weighted by Crippen LogP contribution is -2.41. The smallest absolute Gasteiger partial charge is 0.208 e. The van der Waals surface area contributed by atoms with E-state index in [1.165, 1.54) is 12.5 Å². The molecule has 2 rings (SSSR count). The van der Waals surface area contributed by atoms with Crippen molar-refractivity contribution in [2.75, 3.05) is 0 Å². The summed E-state index contributed by atoms with van der Waals surface area (Å²) in [5.41, 5.74) is 0.591. The van der Waals surface area contributed by atoms with Crippen molar-refractivity contribution >= 4 is 33.2 Å². The topological polar surface area (TPSA) is 46.2 Å². The molecule has 0 radical (unpaired) electrons. The zero-order valence-corrected chi connectivity index (χ0v) is 13.9. The van der Waals surface area contributed by atoms with Gasteiger partial charge < -0.3 is 0 Å². The Labute approximate surface area is 130 Å². The van der Waals surface area contributed by atoms with E-state index in [1.807, 2.05) is 0 Å². The van der Waals surface area contributed by atoms with Crippen LogP contribution >= 0.6 is 23.2 Å². The molecule has 1 aliphatic carbocycles. The average Bonchev–Trinajstić information content (AvgIpc) is 2.38. The molecule has 1 aromatic carbocycles. The molecular formula is C14H19Cl2NO2S. The third kappa shape index (κ3) is 3.30. The molecule has 1 aliphatic rings. The molecule has 0 heterocycles. The molecule has 1 N–H and O–H groups in total. The first-order chi connectivity index (χ1) is 9.33. The van der Waals surface area contributed by atoms with Crippen LogP contribution in [0.1, 0.15) is 38.2 Å². The van der Waals surface area contributed by atoms with Crippen LogP contribution in [0.5, 0.6) is 0 Å². The van der Waals surface area contributed by atoms with Crippen LogP contribution in [0.15, 0.2) is 17.0 Å². The van der Waals surface area contributed by atoms with Gasteiger partial charge in [-0.25, -0.2) is 13.1 Å². The summed E-state index contributed by atoms with van der Waals surface area (Å²) < 4.78 is 27.8.